The van der Waals surface area contributed by atoms with E-state index in [1.165, 1.54) is 0 Å². The molecular weight excluding hydrogens is 322 g/mol. The summed E-state index contributed by atoms with van der Waals surface area (Å²) >= 11 is 3.41. The lowest BCUT2D eigenvalue weighted by Crippen LogP contribution is -2.46. The van der Waals surface area contributed by atoms with E-state index < -0.39 is 5.60 Å². The molecule has 1 fully saturated rings. The number of piperidine rings is 1. The molecule has 1 aliphatic heterocycles. The molecule has 0 N–H and O–H groups in total. The second-order valence-corrected chi connectivity index (χ2v) is 7.43. The Bertz CT molecular complexity index is 481. The SMILES string of the molecule is CC1CC(n2cc(Br)cn2)CN(C(=O)OC(C)(C)C)C1. The molecule has 0 bridgehead atoms. The molecular formula is C14H22BrN3O2. The fourth-order valence-corrected chi connectivity index (χ4v) is 2.80. The second-order valence-electron chi connectivity index (χ2n) is 6.52. The van der Waals surface area contributed by atoms with Crippen LogP contribution in [0.4, 0.5) is 4.79 Å². The number of carbonyl (C=O) groups is 1. The number of hydrogen-bond acceptors (Lipinski definition) is 3. The Morgan fingerprint density at radius 3 is 2.70 bits per heavy atom. The van der Waals surface area contributed by atoms with Crippen molar-refractivity contribution in [3.05, 3.63) is 16.9 Å². The maximum Gasteiger partial charge on any atom is 0.410 e. The van der Waals surface area contributed by atoms with Crippen molar-refractivity contribution >= 4 is 22.0 Å². The number of hydrogen-bond donors (Lipinski definition) is 0. The topological polar surface area (TPSA) is 47.4 Å². The minimum atomic E-state index is -0.456. The van der Waals surface area contributed by atoms with Gasteiger partial charge in [-0.1, -0.05) is 6.92 Å². The van der Waals surface area contributed by atoms with Crippen molar-refractivity contribution in [2.75, 3.05) is 13.1 Å². The number of aromatic nitrogens is 2. The van der Waals surface area contributed by atoms with Gasteiger partial charge in [0.15, 0.2) is 0 Å². The number of carbonyl (C=O) groups excluding carboxylic acids is 1. The summed E-state index contributed by atoms with van der Waals surface area (Å²) in [6, 6.07) is 0.206. The molecule has 2 rings (SSSR count). The van der Waals surface area contributed by atoms with Gasteiger partial charge in [-0.25, -0.2) is 4.79 Å². The van der Waals surface area contributed by atoms with Crippen LogP contribution >= 0.6 is 15.9 Å². The molecule has 1 amide bonds. The Hall–Kier alpha value is -1.04. The van der Waals surface area contributed by atoms with Crippen LogP contribution in [0, 0.1) is 5.92 Å². The summed E-state index contributed by atoms with van der Waals surface area (Å²) in [5.41, 5.74) is -0.456. The van der Waals surface area contributed by atoms with E-state index in [-0.39, 0.29) is 12.1 Å². The number of likely N-dealkylation sites (tertiary alicyclic amines) is 1. The van der Waals surface area contributed by atoms with Crippen LogP contribution < -0.4 is 0 Å². The summed E-state index contributed by atoms with van der Waals surface area (Å²) in [5, 5.41) is 4.33. The van der Waals surface area contributed by atoms with Gasteiger partial charge in [0.25, 0.3) is 0 Å². The summed E-state index contributed by atoms with van der Waals surface area (Å²) in [6.45, 7) is 9.21. The molecule has 1 aromatic heterocycles. The van der Waals surface area contributed by atoms with Crippen molar-refractivity contribution in [2.45, 2.75) is 45.8 Å². The van der Waals surface area contributed by atoms with Gasteiger partial charge >= 0.3 is 6.09 Å². The van der Waals surface area contributed by atoms with E-state index in [0.717, 1.165) is 17.4 Å². The molecule has 0 saturated carbocycles. The summed E-state index contributed by atoms with van der Waals surface area (Å²) in [7, 11) is 0. The quantitative estimate of drug-likeness (QED) is 0.784. The smallest absolute Gasteiger partial charge is 0.410 e. The summed E-state index contributed by atoms with van der Waals surface area (Å²) in [6.07, 6.45) is 4.51. The molecule has 1 aromatic rings. The van der Waals surface area contributed by atoms with Crippen LogP contribution in [0.3, 0.4) is 0 Å². The van der Waals surface area contributed by atoms with Crippen molar-refractivity contribution in [2.24, 2.45) is 5.92 Å². The minimum Gasteiger partial charge on any atom is -0.444 e. The van der Waals surface area contributed by atoms with E-state index in [1.807, 2.05) is 31.6 Å². The third-order valence-electron chi connectivity index (χ3n) is 3.23. The number of rotatable bonds is 1. The van der Waals surface area contributed by atoms with Gasteiger partial charge in [-0.05, 0) is 49.0 Å². The molecule has 1 saturated heterocycles. The summed E-state index contributed by atoms with van der Waals surface area (Å²) in [5.74, 6) is 0.434. The average Bonchev–Trinajstić information content (AvgIpc) is 2.73. The van der Waals surface area contributed by atoms with E-state index in [1.54, 1.807) is 11.1 Å². The van der Waals surface area contributed by atoms with Gasteiger partial charge < -0.3 is 9.64 Å². The maximum absolute atomic E-state index is 12.2. The highest BCUT2D eigenvalue weighted by atomic mass is 79.9. The van der Waals surface area contributed by atoms with Crippen LogP contribution in [-0.2, 0) is 4.74 Å². The Labute approximate surface area is 128 Å². The maximum atomic E-state index is 12.2. The standard InChI is InChI=1S/C14H22BrN3O2/c1-10-5-12(18-8-11(15)6-16-18)9-17(7-10)13(19)20-14(2,3)4/h6,8,10,12H,5,7,9H2,1-4H3. The molecule has 0 aliphatic carbocycles. The number of ether oxygens (including phenoxy) is 1. The number of nitrogens with zero attached hydrogens (tertiary/aromatic N) is 3. The first-order valence-electron chi connectivity index (χ1n) is 6.92. The molecule has 0 aromatic carbocycles. The predicted octanol–water partition coefficient (Wildman–Crippen LogP) is 3.46. The second kappa shape index (κ2) is 5.76. The Balaban J connectivity index is 2.06. The van der Waals surface area contributed by atoms with E-state index in [9.17, 15) is 4.79 Å². The molecule has 2 heterocycles. The van der Waals surface area contributed by atoms with Gasteiger partial charge in [0.2, 0.25) is 0 Å². The van der Waals surface area contributed by atoms with Crippen LogP contribution in [-0.4, -0.2) is 39.5 Å². The molecule has 2 atom stereocenters. The predicted molar refractivity (Wildman–Crippen MR) is 80.6 cm³/mol. The van der Waals surface area contributed by atoms with Crippen molar-refractivity contribution in [3.63, 3.8) is 0 Å². The van der Waals surface area contributed by atoms with Crippen molar-refractivity contribution in [1.29, 1.82) is 0 Å². The highest BCUT2D eigenvalue weighted by Gasteiger charge is 2.31. The zero-order valence-corrected chi connectivity index (χ0v) is 14.1. The third-order valence-corrected chi connectivity index (χ3v) is 3.64. The molecule has 6 heteroatoms. The summed E-state index contributed by atoms with van der Waals surface area (Å²) in [4.78, 5) is 14.0. The first-order valence-corrected chi connectivity index (χ1v) is 7.71. The van der Waals surface area contributed by atoms with Gasteiger partial charge in [-0.15, -0.1) is 0 Å². The molecule has 1 aliphatic rings. The molecule has 5 nitrogen and oxygen atoms in total. The highest BCUT2D eigenvalue weighted by Crippen LogP contribution is 2.27. The van der Waals surface area contributed by atoms with Gasteiger partial charge in [0.05, 0.1) is 16.7 Å². The van der Waals surface area contributed by atoms with E-state index in [4.69, 9.17) is 4.74 Å². The van der Waals surface area contributed by atoms with E-state index >= 15 is 0 Å². The van der Waals surface area contributed by atoms with Crippen molar-refractivity contribution in [1.82, 2.24) is 14.7 Å². The fourth-order valence-electron chi connectivity index (χ4n) is 2.50. The van der Waals surface area contributed by atoms with E-state index in [0.29, 0.717) is 12.5 Å². The Morgan fingerprint density at radius 2 is 2.15 bits per heavy atom. The van der Waals surface area contributed by atoms with Crippen LogP contribution in [0.5, 0.6) is 0 Å². The molecule has 112 valence electrons. The van der Waals surface area contributed by atoms with Gasteiger partial charge in [0.1, 0.15) is 5.60 Å². The minimum absolute atomic E-state index is 0.206. The van der Waals surface area contributed by atoms with Gasteiger partial charge in [-0.2, -0.15) is 5.10 Å². The fraction of sp³-hybridized carbons (Fsp3) is 0.714. The van der Waals surface area contributed by atoms with Crippen molar-refractivity contribution < 1.29 is 9.53 Å². The monoisotopic (exact) mass is 343 g/mol. The van der Waals surface area contributed by atoms with E-state index in [2.05, 4.69) is 28.0 Å². The van der Waals surface area contributed by atoms with Gasteiger partial charge in [0, 0.05) is 19.3 Å². The molecule has 20 heavy (non-hydrogen) atoms. The van der Waals surface area contributed by atoms with Crippen LogP contribution in [0.15, 0.2) is 16.9 Å². The van der Waals surface area contributed by atoms with Gasteiger partial charge in [-0.3, -0.25) is 4.68 Å². The van der Waals surface area contributed by atoms with Crippen LogP contribution in [0.2, 0.25) is 0 Å². The lowest BCUT2D eigenvalue weighted by Gasteiger charge is -2.37. The highest BCUT2D eigenvalue weighted by molar-refractivity contribution is 9.10. The Morgan fingerprint density at radius 1 is 1.45 bits per heavy atom. The Kier molecular flexibility index (Phi) is 4.42. The lowest BCUT2D eigenvalue weighted by molar-refractivity contribution is 0.0110. The normalized spacial score (nSPS) is 23.8. The largest absolute Gasteiger partial charge is 0.444 e. The first-order chi connectivity index (χ1) is 9.24. The molecule has 0 radical (unpaired) electrons. The first kappa shape index (κ1) is 15.4. The zero-order valence-electron chi connectivity index (χ0n) is 12.5. The molecule has 0 spiro atoms. The molecule has 2 unspecified atom stereocenters. The zero-order chi connectivity index (χ0) is 14.9. The average molecular weight is 344 g/mol. The van der Waals surface area contributed by atoms with Crippen LogP contribution in [0.25, 0.3) is 0 Å². The summed E-state index contributed by atoms with van der Waals surface area (Å²) < 4.78 is 8.35. The number of halogens is 1. The lowest BCUT2D eigenvalue weighted by atomic mass is 9.96. The van der Waals surface area contributed by atoms with Crippen LogP contribution in [0.1, 0.15) is 40.2 Å². The third kappa shape index (κ3) is 3.98. The van der Waals surface area contributed by atoms with Crippen molar-refractivity contribution in [3.8, 4) is 0 Å². The number of amides is 1.